The third kappa shape index (κ3) is 6.59. The summed E-state index contributed by atoms with van der Waals surface area (Å²) in [5, 5.41) is 0. The topological polar surface area (TPSA) is 51.2 Å². The van der Waals surface area contributed by atoms with E-state index in [9.17, 15) is 4.79 Å². The fraction of sp³-hybridized carbons (Fsp3) is 0.696. The first-order valence-electron chi connectivity index (χ1n) is 11.3. The average molecular weight is 483 g/mol. The van der Waals surface area contributed by atoms with Crippen molar-refractivity contribution in [3.05, 3.63) is 22.2 Å². The van der Waals surface area contributed by atoms with Crippen LogP contribution < -0.4 is 9.47 Å². The Hall–Kier alpha value is -1.31. The minimum absolute atomic E-state index is 0.189. The SMILES string of the molecule is CCOc1cc(Br)c(CC(=O)N2CCC(CCN3CCOCC3)CC2)cc1OCC. The fourth-order valence-corrected chi connectivity index (χ4v) is 4.65. The zero-order valence-corrected chi connectivity index (χ0v) is 19.9. The first-order valence-corrected chi connectivity index (χ1v) is 12.1. The lowest BCUT2D eigenvalue weighted by Gasteiger charge is -2.34. The Morgan fingerprint density at radius 1 is 1.07 bits per heavy atom. The molecular weight excluding hydrogens is 448 g/mol. The summed E-state index contributed by atoms with van der Waals surface area (Å²) < 4.78 is 17.7. The van der Waals surface area contributed by atoms with Crippen LogP contribution in [-0.2, 0) is 16.0 Å². The summed E-state index contributed by atoms with van der Waals surface area (Å²) in [5.41, 5.74) is 0.946. The van der Waals surface area contributed by atoms with E-state index in [0.29, 0.717) is 31.1 Å². The van der Waals surface area contributed by atoms with E-state index < -0.39 is 0 Å². The van der Waals surface area contributed by atoms with E-state index in [1.807, 2.05) is 30.9 Å². The van der Waals surface area contributed by atoms with Crippen LogP contribution in [-0.4, -0.2) is 74.9 Å². The quantitative estimate of drug-likeness (QED) is 0.536. The number of morpholine rings is 1. The molecule has 0 aliphatic carbocycles. The molecule has 0 bridgehead atoms. The third-order valence-electron chi connectivity index (χ3n) is 5.98. The lowest BCUT2D eigenvalue weighted by Crippen LogP contribution is -2.41. The van der Waals surface area contributed by atoms with Crippen molar-refractivity contribution in [3.8, 4) is 11.5 Å². The van der Waals surface area contributed by atoms with Crippen LogP contribution in [0.5, 0.6) is 11.5 Å². The summed E-state index contributed by atoms with van der Waals surface area (Å²) in [6, 6.07) is 3.85. The largest absolute Gasteiger partial charge is 0.490 e. The third-order valence-corrected chi connectivity index (χ3v) is 6.72. The van der Waals surface area contributed by atoms with Crippen LogP contribution >= 0.6 is 15.9 Å². The van der Waals surface area contributed by atoms with Crippen molar-refractivity contribution in [3.63, 3.8) is 0 Å². The summed E-state index contributed by atoms with van der Waals surface area (Å²) in [5.74, 6) is 2.32. The predicted molar refractivity (Wildman–Crippen MR) is 121 cm³/mol. The molecule has 6 nitrogen and oxygen atoms in total. The van der Waals surface area contributed by atoms with Gasteiger partial charge in [0.15, 0.2) is 11.5 Å². The summed E-state index contributed by atoms with van der Waals surface area (Å²) in [4.78, 5) is 17.4. The van der Waals surface area contributed by atoms with Crippen LogP contribution in [0.2, 0.25) is 0 Å². The molecule has 2 saturated heterocycles. The van der Waals surface area contributed by atoms with E-state index in [1.165, 1.54) is 6.42 Å². The normalized spacial score (nSPS) is 18.4. The van der Waals surface area contributed by atoms with Crippen molar-refractivity contribution in [2.75, 3.05) is 59.2 Å². The van der Waals surface area contributed by atoms with Gasteiger partial charge in [0.2, 0.25) is 5.91 Å². The number of carbonyl (C=O) groups excluding carboxylic acids is 1. The maximum absolute atomic E-state index is 12.9. The Kier molecular flexibility index (Phi) is 9.27. The van der Waals surface area contributed by atoms with E-state index >= 15 is 0 Å². The fourth-order valence-electron chi connectivity index (χ4n) is 4.18. The molecular formula is C23H35BrN2O4. The number of nitrogens with zero attached hydrogens (tertiary/aromatic N) is 2. The van der Waals surface area contributed by atoms with Gasteiger partial charge >= 0.3 is 0 Å². The van der Waals surface area contributed by atoms with Gasteiger partial charge < -0.3 is 19.1 Å². The monoisotopic (exact) mass is 482 g/mol. The van der Waals surface area contributed by atoms with E-state index in [1.54, 1.807) is 0 Å². The second-order valence-corrected chi connectivity index (χ2v) is 8.85. The number of piperidine rings is 1. The Morgan fingerprint density at radius 3 is 2.33 bits per heavy atom. The number of carbonyl (C=O) groups is 1. The van der Waals surface area contributed by atoms with Crippen molar-refractivity contribution >= 4 is 21.8 Å². The molecule has 30 heavy (non-hydrogen) atoms. The van der Waals surface area contributed by atoms with Crippen LogP contribution in [0.4, 0.5) is 0 Å². The number of amides is 1. The summed E-state index contributed by atoms with van der Waals surface area (Å²) >= 11 is 3.60. The highest BCUT2D eigenvalue weighted by Gasteiger charge is 2.24. The summed E-state index contributed by atoms with van der Waals surface area (Å²) in [6.45, 7) is 11.7. The van der Waals surface area contributed by atoms with Crippen LogP contribution in [0.1, 0.15) is 38.7 Å². The van der Waals surface area contributed by atoms with Gasteiger partial charge in [-0.15, -0.1) is 0 Å². The van der Waals surface area contributed by atoms with Crippen molar-refractivity contribution < 1.29 is 19.0 Å². The maximum Gasteiger partial charge on any atom is 0.227 e. The van der Waals surface area contributed by atoms with Crippen molar-refractivity contribution in [2.24, 2.45) is 5.92 Å². The number of likely N-dealkylation sites (tertiary alicyclic amines) is 1. The molecule has 168 valence electrons. The molecule has 0 unspecified atom stereocenters. The lowest BCUT2D eigenvalue weighted by molar-refractivity contribution is -0.131. The van der Waals surface area contributed by atoms with Gasteiger partial charge in [0.05, 0.1) is 32.8 Å². The zero-order chi connectivity index (χ0) is 21.3. The average Bonchev–Trinajstić information content (AvgIpc) is 2.76. The number of ether oxygens (including phenoxy) is 3. The molecule has 3 rings (SSSR count). The minimum atomic E-state index is 0.189. The zero-order valence-electron chi connectivity index (χ0n) is 18.3. The molecule has 0 radical (unpaired) electrons. The van der Waals surface area contributed by atoms with Crippen molar-refractivity contribution in [2.45, 2.75) is 39.5 Å². The number of halogens is 1. The molecule has 2 fully saturated rings. The molecule has 0 saturated carbocycles. The molecule has 2 heterocycles. The molecule has 0 N–H and O–H groups in total. The van der Waals surface area contributed by atoms with Crippen LogP contribution in [0.15, 0.2) is 16.6 Å². The van der Waals surface area contributed by atoms with Gasteiger partial charge in [-0.2, -0.15) is 0 Å². The van der Waals surface area contributed by atoms with Gasteiger partial charge in [0.25, 0.3) is 0 Å². The van der Waals surface area contributed by atoms with E-state index in [0.717, 1.165) is 74.7 Å². The summed E-state index contributed by atoms with van der Waals surface area (Å²) in [7, 11) is 0. The second-order valence-electron chi connectivity index (χ2n) is 8.00. The van der Waals surface area contributed by atoms with Crippen LogP contribution in [0, 0.1) is 5.92 Å². The van der Waals surface area contributed by atoms with Crippen molar-refractivity contribution in [1.82, 2.24) is 9.80 Å². The second kappa shape index (κ2) is 11.9. The smallest absolute Gasteiger partial charge is 0.227 e. The van der Waals surface area contributed by atoms with E-state index in [-0.39, 0.29) is 5.91 Å². The van der Waals surface area contributed by atoms with Gasteiger partial charge in [-0.1, -0.05) is 15.9 Å². The highest BCUT2D eigenvalue weighted by Crippen LogP contribution is 2.34. The van der Waals surface area contributed by atoms with Crippen molar-refractivity contribution in [1.29, 1.82) is 0 Å². The van der Waals surface area contributed by atoms with E-state index in [4.69, 9.17) is 14.2 Å². The molecule has 0 spiro atoms. The Morgan fingerprint density at radius 2 is 1.70 bits per heavy atom. The number of hydrogen-bond acceptors (Lipinski definition) is 5. The predicted octanol–water partition coefficient (Wildman–Crippen LogP) is 3.75. The summed E-state index contributed by atoms with van der Waals surface area (Å²) in [6.07, 6.45) is 3.81. The molecule has 1 aromatic rings. The van der Waals surface area contributed by atoms with Gasteiger partial charge in [-0.05, 0) is 63.3 Å². The molecule has 7 heteroatoms. The van der Waals surface area contributed by atoms with Gasteiger partial charge in [-0.25, -0.2) is 0 Å². The Labute approximate surface area is 189 Å². The van der Waals surface area contributed by atoms with Crippen LogP contribution in [0.3, 0.4) is 0 Å². The standard InChI is InChI=1S/C23H35BrN2O4/c1-3-29-21-15-19(20(24)17-22(21)30-4-2)16-23(27)26-9-6-18(7-10-26)5-8-25-11-13-28-14-12-25/h15,17-18H,3-14,16H2,1-2H3. The molecule has 2 aliphatic rings. The molecule has 0 aromatic heterocycles. The Bertz CT molecular complexity index is 686. The lowest BCUT2D eigenvalue weighted by atomic mass is 9.93. The van der Waals surface area contributed by atoms with Gasteiger partial charge in [0.1, 0.15) is 0 Å². The molecule has 0 atom stereocenters. The van der Waals surface area contributed by atoms with Crippen LogP contribution in [0.25, 0.3) is 0 Å². The maximum atomic E-state index is 12.9. The first-order chi connectivity index (χ1) is 14.6. The molecule has 1 amide bonds. The number of hydrogen-bond donors (Lipinski definition) is 0. The minimum Gasteiger partial charge on any atom is -0.490 e. The van der Waals surface area contributed by atoms with Gasteiger partial charge in [-0.3, -0.25) is 9.69 Å². The van der Waals surface area contributed by atoms with E-state index in [2.05, 4.69) is 20.8 Å². The van der Waals surface area contributed by atoms with Gasteiger partial charge in [0, 0.05) is 30.7 Å². The highest BCUT2D eigenvalue weighted by atomic mass is 79.9. The molecule has 1 aromatic carbocycles. The Balaban J connectivity index is 1.49. The molecule has 2 aliphatic heterocycles. The number of rotatable bonds is 9. The highest BCUT2D eigenvalue weighted by molar-refractivity contribution is 9.10. The first kappa shape index (κ1) is 23.4. The number of benzene rings is 1.